The zero-order valence-corrected chi connectivity index (χ0v) is 11.8. The molecule has 19 heavy (non-hydrogen) atoms. The van der Waals surface area contributed by atoms with E-state index in [2.05, 4.69) is 10.2 Å². The largest absolute Gasteiger partial charge is 0.385 e. The van der Waals surface area contributed by atoms with Gasteiger partial charge in [-0.2, -0.15) is 0 Å². The molecule has 3 nitrogen and oxygen atoms in total. The van der Waals surface area contributed by atoms with Crippen LogP contribution in [-0.4, -0.2) is 36.9 Å². The smallest absolute Gasteiger partial charge is 0.159 e. The van der Waals surface area contributed by atoms with Crippen LogP contribution in [0.15, 0.2) is 24.3 Å². The van der Waals surface area contributed by atoms with Crippen molar-refractivity contribution in [3.63, 3.8) is 0 Å². The van der Waals surface area contributed by atoms with Crippen molar-refractivity contribution >= 4 is 11.5 Å². The van der Waals surface area contributed by atoms with Crippen LogP contribution in [0.4, 0.5) is 5.69 Å². The first-order chi connectivity index (χ1) is 9.25. The van der Waals surface area contributed by atoms with E-state index in [1.165, 1.54) is 38.9 Å². The summed E-state index contributed by atoms with van der Waals surface area (Å²) < 4.78 is 0. The second-order valence-electron chi connectivity index (χ2n) is 5.32. The van der Waals surface area contributed by atoms with Gasteiger partial charge in [-0.25, -0.2) is 0 Å². The fraction of sp³-hybridized carbons (Fsp3) is 0.562. The molecule has 0 spiro atoms. The molecule has 1 aliphatic heterocycles. The standard InChI is InChI=1S/C16H24N2O/c1-14(19)15-7-5-8-16(13-15)17-9-6-12-18-10-3-2-4-11-18/h5,7-8,13,17H,2-4,6,9-12H2,1H3. The third-order valence-corrected chi connectivity index (χ3v) is 3.70. The van der Waals surface area contributed by atoms with Crippen LogP contribution in [0, 0.1) is 0 Å². The number of nitrogens with zero attached hydrogens (tertiary/aromatic N) is 1. The summed E-state index contributed by atoms with van der Waals surface area (Å²) in [6.07, 6.45) is 5.26. The first kappa shape index (κ1) is 14.1. The van der Waals surface area contributed by atoms with E-state index in [9.17, 15) is 4.79 Å². The van der Waals surface area contributed by atoms with Gasteiger partial charge in [0.1, 0.15) is 0 Å². The molecule has 0 aromatic heterocycles. The Hall–Kier alpha value is -1.35. The van der Waals surface area contributed by atoms with Crippen molar-refractivity contribution in [2.45, 2.75) is 32.6 Å². The number of likely N-dealkylation sites (tertiary alicyclic amines) is 1. The van der Waals surface area contributed by atoms with Crippen LogP contribution in [0.3, 0.4) is 0 Å². The third-order valence-electron chi connectivity index (χ3n) is 3.70. The number of nitrogens with one attached hydrogen (secondary N) is 1. The number of piperidine rings is 1. The van der Waals surface area contributed by atoms with Gasteiger partial charge in [-0.1, -0.05) is 18.6 Å². The number of rotatable bonds is 6. The lowest BCUT2D eigenvalue weighted by molar-refractivity contribution is 0.101. The third kappa shape index (κ3) is 4.67. The van der Waals surface area contributed by atoms with Gasteiger partial charge in [-0.15, -0.1) is 0 Å². The Morgan fingerprint density at radius 3 is 2.79 bits per heavy atom. The SMILES string of the molecule is CC(=O)c1cccc(NCCCN2CCCCC2)c1. The maximum Gasteiger partial charge on any atom is 0.159 e. The van der Waals surface area contributed by atoms with Crippen LogP contribution in [-0.2, 0) is 0 Å². The molecule has 0 unspecified atom stereocenters. The minimum Gasteiger partial charge on any atom is -0.385 e. The average molecular weight is 260 g/mol. The molecular formula is C16H24N2O. The number of carbonyl (C=O) groups is 1. The summed E-state index contributed by atoms with van der Waals surface area (Å²) in [6, 6.07) is 7.75. The summed E-state index contributed by atoms with van der Waals surface area (Å²) in [5.74, 6) is 0.122. The predicted molar refractivity (Wildman–Crippen MR) is 79.8 cm³/mol. The summed E-state index contributed by atoms with van der Waals surface area (Å²) in [5, 5.41) is 3.40. The highest BCUT2D eigenvalue weighted by Crippen LogP contribution is 2.12. The van der Waals surface area contributed by atoms with Gasteiger partial charge < -0.3 is 10.2 Å². The van der Waals surface area contributed by atoms with Gasteiger partial charge in [0.2, 0.25) is 0 Å². The molecule has 0 saturated carbocycles. The lowest BCUT2D eigenvalue weighted by Crippen LogP contribution is -2.31. The van der Waals surface area contributed by atoms with Gasteiger partial charge in [0.15, 0.2) is 5.78 Å². The first-order valence-electron chi connectivity index (χ1n) is 7.33. The molecule has 0 aliphatic carbocycles. The van der Waals surface area contributed by atoms with E-state index in [-0.39, 0.29) is 5.78 Å². The second kappa shape index (κ2) is 7.29. The minimum atomic E-state index is 0.122. The molecule has 1 aromatic rings. The van der Waals surface area contributed by atoms with Crippen LogP contribution in [0.25, 0.3) is 0 Å². The van der Waals surface area contributed by atoms with Gasteiger partial charge in [-0.3, -0.25) is 4.79 Å². The van der Waals surface area contributed by atoms with Gasteiger partial charge >= 0.3 is 0 Å². The Labute approximate surface area is 116 Å². The molecule has 1 N–H and O–H groups in total. The average Bonchev–Trinajstić information content (AvgIpc) is 2.45. The number of hydrogen-bond acceptors (Lipinski definition) is 3. The molecule has 104 valence electrons. The predicted octanol–water partition coefficient (Wildman–Crippen LogP) is 3.18. The Morgan fingerprint density at radius 1 is 1.26 bits per heavy atom. The van der Waals surface area contributed by atoms with Crippen LogP contribution < -0.4 is 5.32 Å². The monoisotopic (exact) mass is 260 g/mol. The molecule has 1 saturated heterocycles. The topological polar surface area (TPSA) is 32.3 Å². The summed E-state index contributed by atoms with van der Waals surface area (Å²) >= 11 is 0. The highest BCUT2D eigenvalue weighted by molar-refractivity contribution is 5.94. The highest BCUT2D eigenvalue weighted by atomic mass is 16.1. The van der Waals surface area contributed by atoms with E-state index in [4.69, 9.17) is 0 Å². The molecule has 3 heteroatoms. The number of ketones is 1. The number of anilines is 1. The zero-order valence-electron chi connectivity index (χ0n) is 11.8. The van der Waals surface area contributed by atoms with Crippen LogP contribution in [0.1, 0.15) is 43.0 Å². The number of hydrogen-bond donors (Lipinski definition) is 1. The van der Waals surface area contributed by atoms with Crippen molar-refractivity contribution in [3.05, 3.63) is 29.8 Å². The van der Waals surface area contributed by atoms with Crippen molar-refractivity contribution in [2.75, 3.05) is 31.5 Å². The van der Waals surface area contributed by atoms with E-state index in [1.807, 2.05) is 24.3 Å². The van der Waals surface area contributed by atoms with E-state index < -0.39 is 0 Å². The van der Waals surface area contributed by atoms with Gasteiger partial charge in [0, 0.05) is 17.8 Å². The van der Waals surface area contributed by atoms with Crippen molar-refractivity contribution in [2.24, 2.45) is 0 Å². The van der Waals surface area contributed by atoms with E-state index in [1.54, 1.807) is 6.92 Å². The Balaban J connectivity index is 1.70. The Morgan fingerprint density at radius 2 is 2.05 bits per heavy atom. The van der Waals surface area contributed by atoms with E-state index in [0.717, 1.165) is 24.2 Å². The quantitative estimate of drug-likeness (QED) is 0.630. The maximum absolute atomic E-state index is 11.3. The molecule has 1 heterocycles. The number of Topliss-reactive ketones (excluding diaryl/α,β-unsaturated/α-hetero) is 1. The molecule has 0 radical (unpaired) electrons. The van der Waals surface area contributed by atoms with Gasteiger partial charge in [0.25, 0.3) is 0 Å². The Bertz CT molecular complexity index is 411. The highest BCUT2D eigenvalue weighted by Gasteiger charge is 2.08. The number of carbonyl (C=O) groups excluding carboxylic acids is 1. The van der Waals surface area contributed by atoms with Gasteiger partial charge in [0.05, 0.1) is 0 Å². The minimum absolute atomic E-state index is 0.122. The normalized spacial score (nSPS) is 16.3. The summed E-state index contributed by atoms with van der Waals surface area (Å²) in [7, 11) is 0. The van der Waals surface area contributed by atoms with Gasteiger partial charge in [-0.05, 0) is 58.0 Å². The molecule has 2 rings (SSSR count). The van der Waals surface area contributed by atoms with Crippen LogP contribution in [0.5, 0.6) is 0 Å². The molecular weight excluding hydrogens is 236 g/mol. The van der Waals surface area contributed by atoms with Crippen molar-refractivity contribution in [1.82, 2.24) is 4.90 Å². The van der Waals surface area contributed by atoms with Crippen molar-refractivity contribution in [1.29, 1.82) is 0 Å². The zero-order chi connectivity index (χ0) is 13.5. The van der Waals surface area contributed by atoms with Crippen LogP contribution in [0.2, 0.25) is 0 Å². The van der Waals surface area contributed by atoms with E-state index >= 15 is 0 Å². The van der Waals surface area contributed by atoms with Crippen molar-refractivity contribution < 1.29 is 4.79 Å². The summed E-state index contributed by atoms with van der Waals surface area (Å²) in [5.41, 5.74) is 1.83. The Kier molecular flexibility index (Phi) is 5.40. The fourth-order valence-corrected chi connectivity index (χ4v) is 2.57. The van der Waals surface area contributed by atoms with E-state index in [0.29, 0.717) is 0 Å². The molecule has 1 fully saturated rings. The van der Waals surface area contributed by atoms with Crippen molar-refractivity contribution in [3.8, 4) is 0 Å². The molecule has 0 bridgehead atoms. The molecule has 0 atom stereocenters. The summed E-state index contributed by atoms with van der Waals surface area (Å²) in [6.45, 7) is 6.28. The molecule has 1 aliphatic rings. The lowest BCUT2D eigenvalue weighted by atomic mass is 10.1. The molecule has 0 amide bonds. The number of benzene rings is 1. The van der Waals surface area contributed by atoms with Crippen LogP contribution >= 0.6 is 0 Å². The molecule has 1 aromatic carbocycles. The summed E-state index contributed by atoms with van der Waals surface area (Å²) in [4.78, 5) is 13.9. The lowest BCUT2D eigenvalue weighted by Gasteiger charge is -2.26. The fourth-order valence-electron chi connectivity index (χ4n) is 2.57. The first-order valence-corrected chi connectivity index (χ1v) is 7.33. The maximum atomic E-state index is 11.3. The second-order valence-corrected chi connectivity index (χ2v) is 5.32.